The zero-order valence-corrected chi connectivity index (χ0v) is 12.9. The van der Waals surface area contributed by atoms with E-state index in [1.165, 1.54) is 7.11 Å². The second-order valence-corrected chi connectivity index (χ2v) is 4.94. The molecule has 1 N–H and O–H groups in total. The number of methoxy groups -OCH3 is 1. The number of ether oxygens (including phenoxy) is 1. The van der Waals surface area contributed by atoms with E-state index in [0.717, 1.165) is 30.1 Å². The number of carbonyl (C=O) groups is 1. The SMILES string of the molecule is COc1coc(C(=O)NCCCn2nc(C)cc2C)cc1=O. The van der Waals surface area contributed by atoms with E-state index in [0.29, 0.717) is 13.1 Å². The molecule has 2 rings (SSSR count). The first-order valence-electron chi connectivity index (χ1n) is 6.97. The molecule has 0 bridgehead atoms. The quantitative estimate of drug-likeness (QED) is 0.812. The third-order valence-electron chi connectivity index (χ3n) is 3.18. The highest BCUT2D eigenvalue weighted by molar-refractivity contribution is 5.91. The van der Waals surface area contributed by atoms with Crippen LogP contribution in [0.5, 0.6) is 5.75 Å². The highest BCUT2D eigenvalue weighted by Crippen LogP contribution is 2.05. The van der Waals surface area contributed by atoms with Crippen LogP contribution in [0.4, 0.5) is 0 Å². The average molecular weight is 305 g/mol. The summed E-state index contributed by atoms with van der Waals surface area (Å²) in [6.45, 7) is 5.11. The largest absolute Gasteiger partial charge is 0.490 e. The van der Waals surface area contributed by atoms with Crippen molar-refractivity contribution in [3.05, 3.63) is 45.8 Å². The Kier molecular flexibility index (Phi) is 4.98. The van der Waals surface area contributed by atoms with Crippen molar-refractivity contribution in [2.75, 3.05) is 13.7 Å². The molecule has 22 heavy (non-hydrogen) atoms. The maximum Gasteiger partial charge on any atom is 0.287 e. The Morgan fingerprint density at radius 2 is 2.18 bits per heavy atom. The summed E-state index contributed by atoms with van der Waals surface area (Å²) >= 11 is 0. The van der Waals surface area contributed by atoms with Gasteiger partial charge in [0.15, 0.2) is 5.76 Å². The predicted octanol–water partition coefficient (Wildman–Crippen LogP) is 1.28. The molecule has 0 saturated carbocycles. The second kappa shape index (κ2) is 6.93. The van der Waals surface area contributed by atoms with Crippen molar-refractivity contribution in [2.24, 2.45) is 0 Å². The Balaban J connectivity index is 1.84. The fourth-order valence-electron chi connectivity index (χ4n) is 2.09. The Hall–Kier alpha value is -2.57. The molecule has 0 aliphatic heterocycles. The van der Waals surface area contributed by atoms with Gasteiger partial charge in [0.1, 0.15) is 6.26 Å². The number of hydrogen-bond acceptors (Lipinski definition) is 5. The highest BCUT2D eigenvalue weighted by atomic mass is 16.5. The lowest BCUT2D eigenvalue weighted by atomic mass is 10.3. The monoisotopic (exact) mass is 305 g/mol. The van der Waals surface area contributed by atoms with Gasteiger partial charge >= 0.3 is 0 Å². The zero-order valence-electron chi connectivity index (χ0n) is 12.9. The standard InChI is InChI=1S/C15H19N3O4/c1-10-7-11(2)18(17-10)6-4-5-16-15(20)13-8-12(19)14(21-3)9-22-13/h7-9H,4-6H2,1-3H3,(H,16,20). The fraction of sp³-hybridized carbons (Fsp3) is 0.400. The van der Waals surface area contributed by atoms with E-state index < -0.39 is 5.91 Å². The van der Waals surface area contributed by atoms with E-state index in [9.17, 15) is 9.59 Å². The minimum atomic E-state index is -0.423. The lowest BCUT2D eigenvalue weighted by Crippen LogP contribution is -2.26. The average Bonchev–Trinajstić information content (AvgIpc) is 2.81. The number of aryl methyl sites for hydroxylation is 3. The van der Waals surface area contributed by atoms with Crippen LogP contribution in [0.2, 0.25) is 0 Å². The van der Waals surface area contributed by atoms with Gasteiger partial charge in [-0.3, -0.25) is 14.3 Å². The number of nitrogens with zero attached hydrogens (tertiary/aromatic N) is 2. The number of amides is 1. The predicted molar refractivity (Wildman–Crippen MR) is 80.2 cm³/mol. The molecule has 2 aromatic heterocycles. The van der Waals surface area contributed by atoms with Crippen molar-refractivity contribution in [1.29, 1.82) is 0 Å². The van der Waals surface area contributed by atoms with Gasteiger partial charge in [-0.25, -0.2) is 0 Å². The molecule has 0 fully saturated rings. The van der Waals surface area contributed by atoms with Gasteiger partial charge in [0, 0.05) is 24.8 Å². The first kappa shape index (κ1) is 15.8. The molecule has 0 radical (unpaired) electrons. The van der Waals surface area contributed by atoms with E-state index in [1.54, 1.807) is 0 Å². The topological polar surface area (TPSA) is 86.4 Å². The van der Waals surface area contributed by atoms with Crippen LogP contribution in [0.3, 0.4) is 0 Å². The van der Waals surface area contributed by atoms with Crippen molar-refractivity contribution in [3.63, 3.8) is 0 Å². The molecule has 2 aromatic rings. The number of rotatable bonds is 6. The Morgan fingerprint density at radius 3 is 2.77 bits per heavy atom. The van der Waals surface area contributed by atoms with Gasteiger partial charge in [-0.05, 0) is 26.3 Å². The van der Waals surface area contributed by atoms with E-state index in [1.807, 2.05) is 24.6 Å². The molecule has 118 valence electrons. The summed E-state index contributed by atoms with van der Waals surface area (Å²) in [6.07, 6.45) is 1.86. The van der Waals surface area contributed by atoms with E-state index in [2.05, 4.69) is 10.4 Å². The molecule has 0 saturated heterocycles. The summed E-state index contributed by atoms with van der Waals surface area (Å²) in [5.74, 6) is -0.383. The van der Waals surface area contributed by atoms with Crippen LogP contribution in [0, 0.1) is 13.8 Å². The first-order chi connectivity index (χ1) is 10.5. The smallest absolute Gasteiger partial charge is 0.287 e. The molecule has 2 heterocycles. The second-order valence-electron chi connectivity index (χ2n) is 4.94. The van der Waals surface area contributed by atoms with Crippen molar-refractivity contribution >= 4 is 5.91 Å². The van der Waals surface area contributed by atoms with Gasteiger partial charge in [0.05, 0.1) is 12.8 Å². The number of carbonyl (C=O) groups excluding carboxylic acids is 1. The van der Waals surface area contributed by atoms with Crippen LogP contribution < -0.4 is 15.5 Å². The highest BCUT2D eigenvalue weighted by Gasteiger charge is 2.11. The van der Waals surface area contributed by atoms with Crippen molar-refractivity contribution in [1.82, 2.24) is 15.1 Å². The summed E-state index contributed by atoms with van der Waals surface area (Å²) in [5, 5.41) is 7.05. The summed E-state index contributed by atoms with van der Waals surface area (Å²) in [7, 11) is 1.37. The molecule has 0 unspecified atom stereocenters. The van der Waals surface area contributed by atoms with Crippen LogP contribution >= 0.6 is 0 Å². The van der Waals surface area contributed by atoms with Gasteiger partial charge in [0.2, 0.25) is 11.2 Å². The van der Waals surface area contributed by atoms with Gasteiger partial charge < -0.3 is 14.5 Å². The van der Waals surface area contributed by atoms with Crippen LogP contribution in [-0.4, -0.2) is 29.3 Å². The van der Waals surface area contributed by atoms with Crippen LogP contribution in [0.15, 0.2) is 27.6 Å². The lowest BCUT2D eigenvalue weighted by Gasteiger charge is -2.06. The minimum absolute atomic E-state index is 0.0306. The minimum Gasteiger partial charge on any atom is -0.490 e. The van der Waals surface area contributed by atoms with Crippen molar-refractivity contribution in [2.45, 2.75) is 26.8 Å². The first-order valence-corrected chi connectivity index (χ1v) is 6.97. The molecular weight excluding hydrogens is 286 g/mol. The van der Waals surface area contributed by atoms with Gasteiger partial charge in [-0.1, -0.05) is 0 Å². The maximum absolute atomic E-state index is 11.9. The van der Waals surface area contributed by atoms with Gasteiger partial charge in [-0.2, -0.15) is 5.10 Å². The number of aromatic nitrogens is 2. The Bertz CT molecular complexity index is 718. The fourth-order valence-corrected chi connectivity index (χ4v) is 2.09. The summed E-state index contributed by atoms with van der Waals surface area (Å²) in [5.41, 5.74) is 1.67. The molecule has 0 atom stereocenters. The molecule has 0 aliphatic carbocycles. The van der Waals surface area contributed by atoms with E-state index in [4.69, 9.17) is 9.15 Å². The zero-order chi connectivity index (χ0) is 16.1. The third-order valence-corrected chi connectivity index (χ3v) is 3.18. The maximum atomic E-state index is 11.9. The van der Waals surface area contributed by atoms with Crippen molar-refractivity contribution in [3.8, 4) is 5.75 Å². The molecule has 0 spiro atoms. The van der Waals surface area contributed by atoms with Crippen LogP contribution in [0.25, 0.3) is 0 Å². The molecule has 7 heteroatoms. The molecular formula is C15H19N3O4. The summed E-state index contributed by atoms with van der Waals surface area (Å²) < 4.78 is 11.8. The Morgan fingerprint density at radius 1 is 1.41 bits per heavy atom. The van der Waals surface area contributed by atoms with Crippen molar-refractivity contribution < 1.29 is 13.9 Å². The van der Waals surface area contributed by atoms with Crippen LogP contribution in [0.1, 0.15) is 28.4 Å². The van der Waals surface area contributed by atoms with Crippen LogP contribution in [-0.2, 0) is 6.54 Å². The van der Waals surface area contributed by atoms with E-state index >= 15 is 0 Å². The summed E-state index contributed by atoms with van der Waals surface area (Å²) in [6, 6.07) is 3.12. The van der Waals surface area contributed by atoms with Gasteiger partial charge in [0.25, 0.3) is 5.91 Å². The summed E-state index contributed by atoms with van der Waals surface area (Å²) in [4.78, 5) is 23.4. The number of nitrogens with one attached hydrogen (secondary N) is 1. The molecule has 1 amide bonds. The van der Waals surface area contributed by atoms with E-state index in [-0.39, 0.29) is 16.9 Å². The molecule has 7 nitrogen and oxygen atoms in total. The lowest BCUT2D eigenvalue weighted by molar-refractivity contribution is 0.0921. The number of hydrogen-bond donors (Lipinski definition) is 1. The molecule has 0 aromatic carbocycles. The normalized spacial score (nSPS) is 10.5. The third kappa shape index (κ3) is 3.75. The molecule has 0 aliphatic rings. The Labute approximate surface area is 127 Å². The van der Waals surface area contributed by atoms with Gasteiger partial charge in [-0.15, -0.1) is 0 Å².